The molecule has 1 saturated heterocycles. The SMILES string of the molecule is CC(C)(CN1CCOCC1)NCc1nonc1C(=Nc1ccc(F)c(Cl)c1)NO. The number of morpholine rings is 1. The van der Waals surface area contributed by atoms with Gasteiger partial charge in [0.05, 0.1) is 23.9 Å². The first-order chi connectivity index (χ1) is 13.9. The largest absolute Gasteiger partial charge is 0.379 e. The number of hydroxylamine groups is 1. The van der Waals surface area contributed by atoms with Crippen LogP contribution in [0.3, 0.4) is 0 Å². The molecule has 1 aliphatic heterocycles. The Balaban J connectivity index is 1.70. The van der Waals surface area contributed by atoms with E-state index in [4.69, 9.17) is 21.0 Å². The Morgan fingerprint density at radius 1 is 1.34 bits per heavy atom. The van der Waals surface area contributed by atoms with Gasteiger partial charge in [-0.15, -0.1) is 0 Å². The first-order valence-corrected chi connectivity index (χ1v) is 9.56. The number of rotatable bonds is 7. The van der Waals surface area contributed by atoms with Crippen molar-refractivity contribution in [2.75, 3.05) is 32.8 Å². The quantitative estimate of drug-likeness (QED) is 0.351. The van der Waals surface area contributed by atoms with Crippen molar-refractivity contribution in [3.63, 3.8) is 0 Å². The lowest BCUT2D eigenvalue weighted by Crippen LogP contribution is -2.51. The summed E-state index contributed by atoms with van der Waals surface area (Å²) in [6.45, 7) is 8.64. The van der Waals surface area contributed by atoms with Crippen molar-refractivity contribution >= 4 is 23.1 Å². The summed E-state index contributed by atoms with van der Waals surface area (Å²) in [7, 11) is 0. The fourth-order valence-corrected chi connectivity index (χ4v) is 3.19. The van der Waals surface area contributed by atoms with Crippen LogP contribution in [0.4, 0.5) is 10.1 Å². The zero-order chi connectivity index (χ0) is 20.9. The lowest BCUT2D eigenvalue weighted by molar-refractivity contribution is 0.0268. The number of aliphatic imine (C=N–C) groups is 1. The number of hydrogen-bond acceptors (Lipinski definition) is 8. The number of nitrogens with zero attached hydrogens (tertiary/aromatic N) is 4. The van der Waals surface area contributed by atoms with Crippen molar-refractivity contribution in [1.82, 2.24) is 26.0 Å². The molecular weight excluding hydrogens is 403 g/mol. The summed E-state index contributed by atoms with van der Waals surface area (Å²) in [5.74, 6) is -0.545. The summed E-state index contributed by atoms with van der Waals surface area (Å²) in [4.78, 5) is 6.54. The van der Waals surface area contributed by atoms with Gasteiger partial charge in [0.25, 0.3) is 0 Å². The van der Waals surface area contributed by atoms with Crippen LogP contribution in [0.2, 0.25) is 5.02 Å². The van der Waals surface area contributed by atoms with E-state index in [1.54, 1.807) is 0 Å². The predicted molar refractivity (Wildman–Crippen MR) is 105 cm³/mol. The molecule has 0 atom stereocenters. The van der Waals surface area contributed by atoms with Gasteiger partial charge in [-0.1, -0.05) is 16.8 Å². The summed E-state index contributed by atoms with van der Waals surface area (Å²) < 4.78 is 23.6. The number of halogens is 2. The molecule has 2 aromatic rings. The van der Waals surface area contributed by atoms with E-state index in [2.05, 4.69) is 39.4 Å². The molecule has 1 aromatic carbocycles. The van der Waals surface area contributed by atoms with Crippen LogP contribution in [0.5, 0.6) is 0 Å². The van der Waals surface area contributed by atoms with Crippen LogP contribution in [0.15, 0.2) is 27.8 Å². The molecule has 0 saturated carbocycles. The average Bonchev–Trinajstić information content (AvgIpc) is 3.16. The second kappa shape index (κ2) is 9.59. The van der Waals surface area contributed by atoms with Crippen molar-refractivity contribution < 1.29 is 19.0 Å². The highest BCUT2D eigenvalue weighted by Crippen LogP contribution is 2.22. The van der Waals surface area contributed by atoms with E-state index in [0.29, 0.717) is 17.9 Å². The molecule has 11 heteroatoms. The van der Waals surface area contributed by atoms with Crippen LogP contribution >= 0.6 is 11.6 Å². The highest BCUT2D eigenvalue weighted by Gasteiger charge is 2.25. The van der Waals surface area contributed by atoms with Gasteiger partial charge in [-0.2, -0.15) is 0 Å². The lowest BCUT2D eigenvalue weighted by Gasteiger charge is -2.35. The van der Waals surface area contributed by atoms with Crippen LogP contribution in [-0.2, 0) is 11.3 Å². The van der Waals surface area contributed by atoms with Crippen molar-refractivity contribution in [2.24, 2.45) is 4.99 Å². The molecule has 0 spiro atoms. The van der Waals surface area contributed by atoms with Crippen LogP contribution in [-0.4, -0.2) is 64.6 Å². The fraction of sp³-hybridized carbons (Fsp3) is 0.500. The molecule has 1 aromatic heterocycles. The summed E-state index contributed by atoms with van der Waals surface area (Å²) in [5, 5.41) is 20.6. The molecule has 0 radical (unpaired) electrons. The van der Waals surface area contributed by atoms with Gasteiger partial charge < -0.3 is 10.1 Å². The first-order valence-electron chi connectivity index (χ1n) is 9.19. The monoisotopic (exact) mass is 426 g/mol. The van der Waals surface area contributed by atoms with Crippen molar-refractivity contribution in [3.8, 4) is 0 Å². The molecule has 29 heavy (non-hydrogen) atoms. The molecule has 3 N–H and O–H groups in total. The van der Waals surface area contributed by atoms with E-state index in [-0.39, 0.29) is 22.1 Å². The van der Waals surface area contributed by atoms with E-state index in [1.807, 2.05) is 5.48 Å². The van der Waals surface area contributed by atoms with Crippen LogP contribution in [0.25, 0.3) is 0 Å². The minimum atomic E-state index is -0.556. The van der Waals surface area contributed by atoms with Gasteiger partial charge in [0.1, 0.15) is 11.5 Å². The highest BCUT2D eigenvalue weighted by molar-refractivity contribution is 6.31. The molecule has 3 rings (SSSR count). The van der Waals surface area contributed by atoms with E-state index in [0.717, 1.165) is 32.8 Å². The zero-order valence-electron chi connectivity index (χ0n) is 16.3. The second-order valence-electron chi connectivity index (χ2n) is 7.36. The van der Waals surface area contributed by atoms with Gasteiger partial charge in [-0.3, -0.25) is 15.6 Å². The molecule has 158 valence electrons. The molecular formula is C18H24ClFN6O3. The van der Waals surface area contributed by atoms with Crippen LogP contribution in [0.1, 0.15) is 25.2 Å². The Morgan fingerprint density at radius 2 is 2.10 bits per heavy atom. The summed E-state index contributed by atoms with van der Waals surface area (Å²) in [6, 6.07) is 3.95. The minimum Gasteiger partial charge on any atom is -0.379 e. The van der Waals surface area contributed by atoms with Gasteiger partial charge in [0, 0.05) is 31.7 Å². The van der Waals surface area contributed by atoms with Gasteiger partial charge in [0.15, 0.2) is 11.5 Å². The standard InChI is InChI=1S/C18H24ClFN6O3/c1-18(2,11-26-5-7-28-8-6-26)21-10-15-16(25-29-24-15)17(23-27)22-12-3-4-14(20)13(19)9-12/h3-4,9,21,27H,5-8,10-11H2,1-2H3,(H,22,23). The molecule has 0 bridgehead atoms. The Morgan fingerprint density at radius 3 is 2.79 bits per heavy atom. The third kappa shape index (κ3) is 5.94. The summed E-state index contributed by atoms with van der Waals surface area (Å²) in [5.41, 5.74) is 2.83. The van der Waals surface area contributed by atoms with Crippen LogP contribution < -0.4 is 10.8 Å². The smallest absolute Gasteiger partial charge is 0.182 e. The number of nitrogens with one attached hydrogen (secondary N) is 2. The Kier molecular flexibility index (Phi) is 7.14. The molecule has 2 heterocycles. The van der Waals surface area contributed by atoms with Crippen molar-refractivity contribution in [2.45, 2.75) is 25.9 Å². The number of amidine groups is 1. The lowest BCUT2D eigenvalue weighted by atomic mass is 10.0. The van der Waals surface area contributed by atoms with Gasteiger partial charge in [-0.25, -0.2) is 14.0 Å². The summed E-state index contributed by atoms with van der Waals surface area (Å²) >= 11 is 5.78. The van der Waals surface area contributed by atoms with Gasteiger partial charge >= 0.3 is 0 Å². The van der Waals surface area contributed by atoms with Gasteiger partial charge in [0.2, 0.25) is 0 Å². The Labute approximate surface area is 172 Å². The van der Waals surface area contributed by atoms with E-state index < -0.39 is 5.82 Å². The normalized spacial score (nSPS) is 16.2. The van der Waals surface area contributed by atoms with Crippen molar-refractivity contribution in [1.29, 1.82) is 0 Å². The zero-order valence-corrected chi connectivity index (χ0v) is 17.0. The highest BCUT2D eigenvalue weighted by atomic mass is 35.5. The summed E-state index contributed by atoms with van der Waals surface area (Å²) in [6.07, 6.45) is 0. The third-order valence-electron chi connectivity index (χ3n) is 4.49. The first kappa shape index (κ1) is 21.6. The number of hydrogen-bond donors (Lipinski definition) is 3. The predicted octanol–water partition coefficient (Wildman–Crippen LogP) is 2.12. The topological polar surface area (TPSA) is 108 Å². The van der Waals surface area contributed by atoms with E-state index in [1.165, 1.54) is 18.2 Å². The molecule has 0 amide bonds. The number of aromatic nitrogens is 2. The maximum absolute atomic E-state index is 13.3. The number of ether oxygens (including phenoxy) is 1. The molecule has 1 aliphatic rings. The molecule has 1 fully saturated rings. The molecule has 9 nitrogen and oxygen atoms in total. The Hall–Kier alpha value is -2.11. The van der Waals surface area contributed by atoms with Crippen LogP contribution in [0, 0.1) is 5.82 Å². The third-order valence-corrected chi connectivity index (χ3v) is 4.78. The second-order valence-corrected chi connectivity index (χ2v) is 7.76. The molecule has 0 unspecified atom stereocenters. The fourth-order valence-electron chi connectivity index (χ4n) is 3.01. The van der Waals surface area contributed by atoms with Gasteiger partial charge in [-0.05, 0) is 37.2 Å². The minimum absolute atomic E-state index is 0.0108. The molecule has 0 aliphatic carbocycles. The Bertz CT molecular complexity index is 854. The van der Waals surface area contributed by atoms with E-state index >= 15 is 0 Å². The van der Waals surface area contributed by atoms with Crippen molar-refractivity contribution in [3.05, 3.63) is 40.4 Å². The maximum Gasteiger partial charge on any atom is 0.182 e. The van der Waals surface area contributed by atoms with E-state index in [9.17, 15) is 9.60 Å². The average molecular weight is 427 g/mol. The number of benzene rings is 1. The maximum atomic E-state index is 13.3.